The third-order valence-corrected chi connectivity index (χ3v) is 5.32. The number of carbonyl (C=O) groups is 2. The van der Waals surface area contributed by atoms with E-state index < -0.39 is 21.5 Å². The molecule has 2 N–H and O–H groups in total. The first-order valence-corrected chi connectivity index (χ1v) is 10.7. The topological polar surface area (TPSA) is 95.6 Å². The van der Waals surface area contributed by atoms with Crippen LogP contribution in [-0.4, -0.2) is 44.3 Å². The number of halogens is 1. The molecule has 0 unspecified atom stereocenters. The second-order valence-electron chi connectivity index (χ2n) is 7.60. The minimum absolute atomic E-state index is 0.0733. The molecule has 2 aromatic carbocycles. The number of rotatable bonds is 6. The molecule has 0 spiro atoms. The highest BCUT2D eigenvalue weighted by atomic mass is 35.5. The lowest BCUT2D eigenvalue weighted by Crippen LogP contribution is -2.46. The number of carbonyl (C=O) groups excluding carboxylic acids is 2. The van der Waals surface area contributed by atoms with Crippen LogP contribution in [0.5, 0.6) is 0 Å². The molecule has 0 aromatic heterocycles. The van der Waals surface area contributed by atoms with Gasteiger partial charge in [-0.05, 0) is 57.2 Å². The summed E-state index contributed by atoms with van der Waals surface area (Å²) in [6.45, 7) is 5.38. The van der Waals surface area contributed by atoms with E-state index in [1.54, 1.807) is 18.2 Å². The van der Waals surface area contributed by atoms with E-state index in [0.717, 1.165) is 0 Å². The van der Waals surface area contributed by atoms with Crippen molar-refractivity contribution >= 4 is 39.1 Å². The highest BCUT2D eigenvalue weighted by Crippen LogP contribution is 2.20. The van der Waals surface area contributed by atoms with Crippen LogP contribution in [0.3, 0.4) is 0 Å². The van der Waals surface area contributed by atoms with Crippen molar-refractivity contribution in [2.75, 3.05) is 18.3 Å². The number of sulfonamides is 1. The van der Waals surface area contributed by atoms with Gasteiger partial charge < -0.3 is 10.2 Å². The number of amides is 2. The Morgan fingerprint density at radius 3 is 2.34 bits per heavy atom. The largest absolute Gasteiger partial charge is 0.350 e. The summed E-state index contributed by atoms with van der Waals surface area (Å²) >= 11 is 5.89. The summed E-state index contributed by atoms with van der Waals surface area (Å²) in [5.74, 6) is -0.770. The van der Waals surface area contributed by atoms with E-state index >= 15 is 0 Å². The molecule has 0 radical (unpaired) electrons. The molecule has 156 valence electrons. The van der Waals surface area contributed by atoms with E-state index in [-0.39, 0.29) is 22.9 Å². The van der Waals surface area contributed by atoms with Crippen LogP contribution in [-0.2, 0) is 14.8 Å². The van der Waals surface area contributed by atoms with Gasteiger partial charge >= 0.3 is 0 Å². The quantitative estimate of drug-likeness (QED) is 0.725. The monoisotopic (exact) mass is 437 g/mol. The van der Waals surface area contributed by atoms with Gasteiger partial charge in [0.25, 0.3) is 15.9 Å². The van der Waals surface area contributed by atoms with Crippen LogP contribution in [0.1, 0.15) is 31.1 Å². The molecule has 0 saturated carbocycles. The van der Waals surface area contributed by atoms with Gasteiger partial charge in [0.15, 0.2) is 0 Å². The molecular formula is C20H24ClN3O4S. The predicted octanol–water partition coefficient (Wildman–Crippen LogP) is 3.13. The van der Waals surface area contributed by atoms with E-state index in [9.17, 15) is 18.0 Å². The summed E-state index contributed by atoms with van der Waals surface area (Å²) < 4.78 is 27.7. The number of likely N-dealkylation sites (N-methyl/N-ethyl adjacent to an activating group) is 1. The minimum Gasteiger partial charge on any atom is -0.350 e. The van der Waals surface area contributed by atoms with Gasteiger partial charge in [0.1, 0.15) is 0 Å². The van der Waals surface area contributed by atoms with E-state index in [0.29, 0.717) is 10.7 Å². The second kappa shape index (κ2) is 8.84. The summed E-state index contributed by atoms with van der Waals surface area (Å²) in [5.41, 5.74) is 0.0521. The van der Waals surface area contributed by atoms with Gasteiger partial charge in [0, 0.05) is 23.2 Å². The Balaban J connectivity index is 2.17. The zero-order chi connectivity index (χ0) is 21.8. The first-order valence-electron chi connectivity index (χ1n) is 8.82. The van der Waals surface area contributed by atoms with E-state index in [4.69, 9.17) is 11.6 Å². The molecule has 29 heavy (non-hydrogen) atoms. The Morgan fingerprint density at radius 2 is 1.72 bits per heavy atom. The van der Waals surface area contributed by atoms with Crippen LogP contribution in [0.2, 0.25) is 5.02 Å². The van der Waals surface area contributed by atoms with Crippen LogP contribution in [0, 0.1) is 0 Å². The summed E-state index contributed by atoms with van der Waals surface area (Å²) in [6, 6.07) is 11.9. The van der Waals surface area contributed by atoms with Crippen molar-refractivity contribution in [3.8, 4) is 0 Å². The van der Waals surface area contributed by atoms with Crippen LogP contribution in [0.15, 0.2) is 53.4 Å². The Hall–Kier alpha value is -2.58. The molecule has 0 fully saturated rings. The third kappa shape index (κ3) is 6.76. The van der Waals surface area contributed by atoms with Crippen molar-refractivity contribution in [1.29, 1.82) is 0 Å². The molecule has 0 aliphatic carbocycles. The maximum atomic E-state index is 12.6. The Kier molecular flexibility index (Phi) is 6.92. The van der Waals surface area contributed by atoms with Crippen molar-refractivity contribution in [3.05, 3.63) is 59.1 Å². The van der Waals surface area contributed by atoms with Crippen LogP contribution in [0.4, 0.5) is 5.69 Å². The van der Waals surface area contributed by atoms with Crippen molar-refractivity contribution in [2.45, 2.75) is 31.2 Å². The highest BCUT2D eigenvalue weighted by molar-refractivity contribution is 7.92. The maximum absolute atomic E-state index is 12.6. The average Bonchev–Trinajstić information content (AvgIpc) is 2.59. The third-order valence-electron chi connectivity index (χ3n) is 3.71. The van der Waals surface area contributed by atoms with Crippen molar-refractivity contribution in [3.63, 3.8) is 0 Å². The number of hydrogen-bond donors (Lipinski definition) is 2. The Bertz CT molecular complexity index is 1020. The molecule has 0 saturated heterocycles. The van der Waals surface area contributed by atoms with Crippen LogP contribution in [0.25, 0.3) is 0 Å². The first-order chi connectivity index (χ1) is 13.4. The summed E-state index contributed by atoms with van der Waals surface area (Å²) in [6.07, 6.45) is 0. The van der Waals surface area contributed by atoms with Gasteiger partial charge in [-0.3, -0.25) is 14.3 Å². The van der Waals surface area contributed by atoms with E-state index in [1.807, 2.05) is 20.8 Å². The van der Waals surface area contributed by atoms with Crippen molar-refractivity contribution < 1.29 is 18.0 Å². The fourth-order valence-corrected chi connectivity index (χ4v) is 3.81. The van der Waals surface area contributed by atoms with Crippen LogP contribution < -0.4 is 10.0 Å². The van der Waals surface area contributed by atoms with E-state index in [1.165, 1.54) is 42.3 Å². The fraction of sp³-hybridized carbons (Fsp3) is 0.300. The summed E-state index contributed by atoms with van der Waals surface area (Å²) in [5, 5.41) is 3.17. The smallest absolute Gasteiger partial charge is 0.261 e. The molecule has 2 aromatic rings. The first kappa shape index (κ1) is 22.7. The molecule has 2 rings (SSSR count). The number of anilines is 1. The average molecular weight is 438 g/mol. The van der Waals surface area contributed by atoms with Gasteiger partial charge in [-0.15, -0.1) is 0 Å². The van der Waals surface area contributed by atoms with Crippen molar-refractivity contribution in [2.24, 2.45) is 0 Å². The Morgan fingerprint density at radius 1 is 1.07 bits per heavy atom. The zero-order valence-electron chi connectivity index (χ0n) is 16.7. The van der Waals surface area contributed by atoms with Crippen molar-refractivity contribution in [1.82, 2.24) is 10.2 Å². The van der Waals surface area contributed by atoms with Gasteiger partial charge in [-0.2, -0.15) is 0 Å². The fourth-order valence-electron chi connectivity index (χ4n) is 2.53. The lowest BCUT2D eigenvalue weighted by atomic mass is 10.1. The predicted molar refractivity (Wildman–Crippen MR) is 114 cm³/mol. The van der Waals surface area contributed by atoms with E-state index in [2.05, 4.69) is 10.0 Å². The molecule has 0 atom stereocenters. The van der Waals surface area contributed by atoms with Gasteiger partial charge in [-0.25, -0.2) is 8.42 Å². The molecular weight excluding hydrogens is 414 g/mol. The molecule has 0 aliphatic heterocycles. The minimum atomic E-state index is -3.92. The summed E-state index contributed by atoms with van der Waals surface area (Å²) in [7, 11) is -2.44. The van der Waals surface area contributed by atoms with Gasteiger partial charge in [0.2, 0.25) is 5.91 Å². The standard InChI is InChI=1S/C20H24ClN3O4S/c1-20(2,3)22-18(25)13-24(4)19(26)14-7-5-10-17(11-14)29(27,28)23-16-9-6-8-15(21)12-16/h5-12,23H,13H2,1-4H3,(H,22,25). The van der Waals surface area contributed by atoms with Crippen LogP contribution >= 0.6 is 11.6 Å². The lowest BCUT2D eigenvalue weighted by molar-refractivity contribution is -0.122. The molecule has 7 nitrogen and oxygen atoms in total. The number of nitrogens with one attached hydrogen (secondary N) is 2. The SMILES string of the molecule is CN(CC(=O)NC(C)(C)C)C(=O)c1cccc(S(=O)(=O)Nc2cccc(Cl)c2)c1. The molecule has 0 aliphatic rings. The molecule has 0 bridgehead atoms. The molecule has 2 amide bonds. The normalized spacial score (nSPS) is 11.6. The maximum Gasteiger partial charge on any atom is 0.261 e. The molecule has 0 heterocycles. The lowest BCUT2D eigenvalue weighted by Gasteiger charge is -2.23. The molecule has 9 heteroatoms. The Labute approximate surface area is 176 Å². The number of hydrogen-bond acceptors (Lipinski definition) is 4. The van der Waals surface area contributed by atoms with Gasteiger partial charge in [-0.1, -0.05) is 23.7 Å². The summed E-state index contributed by atoms with van der Waals surface area (Å²) in [4.78, 5) is 25.8. The zero-order valence-corrected chi connectivity index (χ0v) is 18.3. The number of benzene rings is 2. The highest BCUT2D eigenvalue weighted by Gasteiger charge is 2.21. The van der Waals surface area contributed by atoms with Gasteiger partial charge in [0.05, 0.1) is 17.1 Å². The second-order valence-corrected chi connectivity index (χ2v) is 9.72. The number of nitrogens with zero attached hydrogens (tertiary/aromatic N) is 1.